The van der Waals surface area contributed by atoms with Crippen molar-refractivity contribution in [1.29, 1.82) is 0 Å². The van der Waals surface area contributed by atoms with Crippen molar-refractivity contribution in [3.05, 3.63) is 35.2 Å². The highest BCUT2D eigenvalue weighted by molar-refractivity contribution is 7.14. The molecule has 1 atom stereocenters. The Balaban J connectivity index is 1.33. The van der Waals surface area contributed by atoms with Gasteiger partial charge in [-0.15, -0.1) is 11.3 Å². The Labute approximate surface area is 152 Å². The summed E-state index contributed by atoms with van der Waals surface area (Å²) in [6.45, 7) is 6.85. The molecule has 2 aromatic rings. The molecule has 1 amide bonds. The lowest BCUT2D eigenvalue weighted by atomic mass is 10.1. The van der Waals surface area contributed by atoms with Crippen molar-refractivity contribution in [3.8, 4) is 11.3 Å². The van der Waals surface area contributed by atoms with Crippen molar-refractivity contribution in [1.82, 2.24) is 14.8 Å². The summed E-state index contributed by atoms with van der Waals surface area (Å²) < 4.78 is 0. The number of anilines is 1. The third-order valence-electron chi connectivity index (χ3n) is 5.14. The first-order chi connectivity index (χ1) is 12.2. The van der Waals surface area contributed by atoms with Crippen LogP contribution in [-0.2, 0) is 4.79 Å². The second-order valence-corrected chi connectivity index (χ2v) is 7.88. The minimum Gasteiger partial charge on any atom is -0.301 e. The lowest BCUT2D eigenvalue weighted by Crippen LogP contribution is -2.51. The van der Waals surface area contributed by atoms with Gasteiger partial charge in [0.15, 0.2) is 5.13 Å². The van der Waals surface area contributed by atoms with Crippen molar-refractivity contribution in [2.75, 3.05) is 38.0 Å². The number of carbonyl (C=O) groups excluding carboxylic acids is 1. The van der Waals surface area contributed by atoms with Crippen LogP contribution in [0.5, 0.6) is 0 Å². The maximum atomic E-state index is 12.4. The van der Waals surface area contributed by atoms with Gasteiger partial charge >= 0.3 is 0 Å². The van der Waals surface area contributed by atoms with Crippen molar-refractivity contribution < 1.29 is 4.79 Å². The van der Waals surface area contributed by atoms with Gasteiger partial charge in [0.25, 0.3) is 0 Å². The van der Waals surface area contributed by atoms with Gasteiger partial charge in [0.2, 0.25) is 5.91 Å². The number of piperazine rings is 1. The average molecular weight is 356 g/mol. The largest absolute Gasteiger partial charge is 0.301 e. The lowest BCUT2D eigenvalue weighted by Gasteiger charge is -2.36. The number of aryl methyl sites for hydroxylation is 1. The van der Waals surface area contributed by atoms with Crippen LogP contribution in [0, 0.1) is 6.92 Å². The predicted octanol–water partition coefficient (Wildman–Crippen LogP) is 2.84. The molecular weight excluding hydrogens is 332 g/mol. The van der Waals surface area contributed by atoms with Crippen molar-refractivity contribution in [3.63, 3.8) is 0 Å². The number of nitrogens with one attached hydrogen (secondary N) is 1. The number of rotatable bonds is 4. The fraction of sp³-hybridized carbons (Fsp3) is 0.474. The summed E-state index contributed by atoms with van der Waals surface area (Å²) >= 11 is 1.48. The number of benzene rings is 1. The molecule has 6 heteroatoms. The zero-order chi connectivity index (χ0) is 17.2. The number of fused-ring (bicyclic) bond motifs is 1. The SMILES string of the molecule is Cc1ccc(-c2csc(NC(=O)CN3CCN4CCCC4C3)n2)cc1. The van der Waals surface area contributed by atoms with E-state index in [1.807, 2.05) is 5.38 Å². The monoisotopic (exact) mass is 356 g/mol. The number of hydrogen-bond acceptors (Lipinski definition) is 5. The maximum absolute atomic E-state index is 12.4. The van der Waals surface area contributed by atoms with Gasteiger partial charge in [-0.2, -0.15) is 0 Å². The molecule has 2 saturated heterocycles. The molecule has 2 fully saturated rings. The van der Waals surface area contributed by atoms with E-state index in [1.54, 1.807) is 0 Å². The van der Waals surface area contributed by atoms with E-state index in [4.69, 9.17) is 0 Å². The highest BCUT2D eigenvalue weighted by Gasteiger charge is 2.31. The van der Waals surface area contributed by atoms with Gasteiger partial charge in [0.1, 0.15) is 0 Å². The van der Waals surface area contributed by atoms with Gasteiger partial charge in [0, 0.05) is 36.6 Å². The molecule has 1 unspecified atom stereocenters. The van der Waals surface area contributed by atoms with Gasteiger partial charge in [-0.1, -0.05) is 29.8 Å². The number of aromatic nitrogens is 1. The maximum Gasteiger partial charge on any atom is 0.240 e. The van der Waals surface area contributed by atoms with E-state index >= 15 is 0 Å². The number of amides is 1. The molecule has 2 aliphatic rings. The van der Waals surface area contributed by atoms with Crippen molar-refractivity contribution in [2.24, 2.45) is 0 Å². The zero-order valence-electron chi connectivity index (χ0n) is 14.6. The molecule has 2 aliphatic heterocycles. The van der Waals surface area contributed by atoms with Gasteiger partial charge in [0.05, 0.1) is 12.2 Å². The first-order valence-electron chi connectivity index (χ1n) is 8.96. The summed E-state index contributed by atoms with van der Waals surface area (Å²) in [5.41, 5.74) is 3.23. The van der Waals surface area contributed by atoms with Crippen LogP contribution in [0.2, 0.25) is 0 Å². The molecule has 0 aliphatic carbocycles. The van der Waals surface area contributed by atoms with Crippen LogP contribution in [0.1, 0.15) is 18.4 Å². The fourth-order valence-electron chi connectivity index (χ4n) is 3.75. The lowest BCUT2D eigenvalue weighted by molar-refractivity contribution is -0.117. The van der Waals surface area contributed by atoms with E-state index < -0.39 is 0 Å². The molecule has 0 saturated carbocycles. The molecule has 0 bridgehead atoms. The summed E-state index contributed by atoms with van der Waals surface area (Å²) in [5, 5.41) is 5.64. The van der Waals surface area contributed by atoms with Gasteiger partial charge < -0.3 is 5.32 Å². The fourth-order valence-corrected chi connectivity index (χ4v) is 4.48. The topological polar surface area (TPSA) is 48.5 Å². The number of nitrogens with zero attached hydrogens (tertiary/aromatic N) is 3. The standard InChI is InChI=1S/C19H24N4OS/c1-14-4-6-15(7-5-14)17-13-25-19(20-17)21-18(24)12-22-9-10-23-8-2-3-16(23)11-22/h4-7,13,16H,2-3,8-12H2,1H3,(H,20,21,24). The van der Waals surface area contributed by atoms with Crippen molar-refractivity contribution >= 4 is 22.4 Å². The molecule has 1 aromatic heterocycles. The second kappa shape index (κ2) is 7.23. The Bertz CT molecular complexity index is 742. The Kier molecular flexibility index (Phi) is 4.83. The van der Waals surface area contributed by atoms with Crippen LogP contribution in [0.4, 0.5) is 5.13 Å². The molecule has 5 nitrogen and oxygen atoms in total. The summed E-state index contributed by atoms with van der Waals surface area (Å²) in [4.78, 5) is 21.8. The van der Waals surface area contributed by atoms with Crippen LogP contribution < -0.4 is 5.32 Å². The molecular formula is C19H24N4OS. The normalized spacial score (nSPS) is 21.2. The van der Waals surface area contributed by atoms with E-state index in [0.717, 1.165) is 30.9 Å². The predicted molar refractivity (Wildman–Crippen MR) is 102 cm³/mol. The summed E-state index contributed by atoms with van der Waals surface area (Å²) in [5.74, 6) is 0.0382. The minimum atomic E-state index is 0.0382. The first-order valence-corrected chi connectivity index (χ1v) is 9.84. The highest BCUT2D eigenvalue weighted by Crippen LogP contribution is 2.25. The Hall–Kier alpha value is -1.76. The first kappa shape index (κ1) is 16.7. The van der Waals surface area contributed by atoms with Gasteiger partial charge in [-0.3, -0.25) is 14.6 Å². The summed E-state index contributed by atoms with van der Waals surface area (Å²) in [6.07, 6.45) is 2.57. The van der Waals surface area contributed by atoms with Crippen LogP contribution in [0.15, 0.2) is 29.6 Å². The molecule has 132 valence electrons. The Morgan fingerprint density at radius 2 is 2.12 bits per heavy atom. The number of hydrogen-bond donors (Lipinski definition) is 1. The molecule has 4 rings (SSSR count). The van der Waals surface area contributed by atoms with E-state index in [1.165, 1.54) is 36.3 Å². The van der Waals surface area contributed by atoms with Crippen LogP contribution in [0.3, 0.4) is 0 Å². The van der Waals surface area contributed by atoms with Crippen molar-refractivity contribution in [2.45, 2.75) is 25.8 Å². The molecule has 25 heavy (non-hydrogen) atoms. The Morgan fingerprint density at radius 3 is 2.96 bits per heavy atom. The number of thiazole rings is 1. The molecule has 0 spiro atoms. The second-order valence-electron chi connectivity index (χ2n) is 7.02. The van der Waals surface area contributed by atoms with Crippen LogP contribution in [0.25, 0.3) is 11.3 Å². The quantitative estimate of drug-likeness (QED) is 0.915. The molecule has 0 radical (unpaired) electrons. The van der Waals surface area contributed by atoms with Gasteiger partial charge in [-0.25, -0.2) is 4.98 Å². The van der Waals surface area contributed by atoms with Crippen LogP contribution >= 0.6 is 11.3 Å². The van der Waals surface area contributed by atoms with E-state index in [9.17, 15) is 4.79 Å². The third kappa shape index (κ3) is 3.92. The van der Waals surface area contributed by atoms with Crippen LogP contribution in [-0.4, -0.2) is 59.5 Å². The Morgan fingerprint density at radius 1 is 1.28 bits per heavy atom. The van der Waals surface area contributed by atoms with E-state index in [2.05, 4.69) is 51.3 Å². The third-order valence-corrected chi connectivity index (χ3v) is 5.89. The molecule has 1 N–H and O–H groups in total. The van der Waals surface area contributed by atoms with E-state index in [-0.39, 0.29) is 5.91 Å². The summed E-state index contributed by atoms with van der Waals surface area (Å²) in [6, 6.07) is 8.94. The summed E-state index contributed by atoms with van der Waals surface area (Å²) in [7, 11) is 0. The minimum absolute atomic E-state index is 0.0382. The molecule has 1 aromatic carbocycles. The molecule has 3 heterocycles. The van der Waals surface area contributed by atoms with Gasteiger partial charge in [-0.05, 0) is 26.3 Å². The zero-order valence-corrected chi connectivity index (χ0v) is 15.4. The smallest absolute Gasteiger partial charge is 0.240 e. The van der Waals surface area contributed by atoms with E-state index in [0.29, 0.717) is 17.7 Å². The number of carbonyl (C=O) groups is 1. The average Bonchev–Trinajstić information content (AvgIpc) is 3.24. The highest BCUT2D eigenvalue weighted by atomic mass is 32.1.